The van der Waals surface area contributed by atoms with E-state index in [1.54, 1.807) is 38.2 Å². The number of fused-ring (bicyclic) bond motifs is 5. The molecule has 3 aromatic rings. The number of hydrogen-bond acceptors (Lipinski definition) is 5. The first-order valence-corrected chi connectivity index (χ1v) is 9.33. The summed E-state index contributed by atoms with van der Waals surface area (Å²) in [6.07, 6.45) is 1.86. The second-order valence-electron chi connectivity index (χ2n) is 7.12. The summed E-state index contributed by atoms with van der Waals surface area (Å²) in [4.78, 5) is 32.8. The Hall–Kier alpha value is -3.61. The number of methoxy groups -OCH3 is 2. The fourth-order valence-corrected chi connectivity index (χ4v) is 4.18. The Morgan fingerprint density at radius 1 is 1.03 bits per heavy atom. The minimum Gasteiger partial charge on any atom is -0.496 e. The number of carbonyl (C=O) groups is 1. The highest BCUT2D eigenvalue weighted by molar-refractivity contribution is 5.99. The van der Waals surface area contributed by atoms with E-state index in [1.165, 1.54) is 4.57 Å². The van der Waals surface area contributed by atoms with Gasteiger partial charge >= 0.3 is 0 Å². The normalized spacial score (nSPS) is 17.3. The van der Waals surface area contributed by atoms with E-state index < -0.39 is 6.04 Å². The summed E-state index contributed by atoms with van der Waals surface area (Å²) in [5.74, 6) is 1.69. The quantitative estimate of drug-likeness (QED) is 0.674. The average molecular weight is 389 g/mol. The summed E-state index contributed by atoms with van der Waals surface area (Å²) in [6.45, 7) is 2.06. The van der Waals surface area contributed by atoms with Crippen LogP contribution in [0.15, 0.2) is 41.2 Å². The van der Waals surface area contributed by atoms with Gasteiger partial charge in [-0.1, -0.05) is 12.1 Å². The molecule has 0 fully saturated rings. The van der Waals surface area contributed by atoms with Gasteiger partial charge in [0.15, 0.2) is 5.82 Å². The van der Waals surface area contributed by atoms with Gasteiger partial charge in [-0.15, -0.1) is 0 Å². The van der Waals surface area contributed by atoms with Crippen LogP contribution in [0.3, 0.4) is 0 Å². The lowest BCUT2D eigenvalue weighted by Crippen LogP contribution is -2.46. The summed E-state index contributed by atoms with van der Waals surface area (Å²) >= 11 is 0. The maximum absolute atomic E-state index is 13.2. The first-order chi connectivity index (χ1) is 14.0. The van der Waals surface area contributed by atoms with E-state index in [2.05, 4.69) is 0 Å². The minimum absolute atomic E-state index is 0.154. The van der Waals surface area contributed by atoms with Gasteiger partial charge in [-0.05, 0) is 37.3 Å². The van der Waals surface area contributed by atoms with E-state index in [0.717, 1.165) is 11.1 Å². The van der Waals surface area contributed by atoms with Crippen LogP contribution in [0.2, 0.25) is 0 Å². The Bertz CT molecular complexity index is 1280. The topological polar surface area (TPSA) is 73.7 Å². The molecule has 0 radical (unpaired) electrons. The van der Waals surface area contributed by atoms with E-state index >= 15 is 0 Å². The van der Waals surface area contributed by atoms with Crippen LogP contribution < -0.4 is 15.0 Å². The van der Waals surface area contributed by atoms with Crippen molar-refractivity contribution in [2.45, 2.75) is 19.5 Å². The maximum atomic E-state index is 13.2. The summed E-state index contributed by atoms with van der Waals surface area (Å²) in [7, 11) is 3.20. The van der Waals surface area contributed by atoms with Crippen molar-refractivity contribution >= 4 is 28.6 Å². The van der Waals surface area contributed by atoms with Crippen molar-refractivity contribution in [3.8, 4) is 11.5 Å². The molecule has 2 aliphatic heterocycles. The zero-order chi connectivity index (χ0) is 20.3. The first kappa shape index (κ1) is 17.5. The monoisotopic (exact) mass is 389 g/mol. The zero-order valence-electron chi connectivity index (χ0n) is 16.3. The number of hydrogen-bond donors (Lipinski definition) is 0. The van der Waals surface area contributed by atoms with Crippen LogP contribution in [-0.4, -0.2) is 34.6 Å². The average Bonchev–Trinajstić information content (AvgIpc) is 2.75. The third-order valence-corrected chi connectivity index (χ3v) is 5.65. The molecule has 0 saturated carbocycles. The van der Waals surface area contributed by atoms with Crippen LogP contribution in [0.5, 0.6) is 11.5 Å². The fourth-order valence-electron chi connectivity index (χ4n) is 4.18. The third-order valence-electron chi connectivity index (χ3n) is 5.65. The first-order valence-electron chi connectivity index (χ1n) is 9.33. The molecule has 0 aliphatic carbocycles. The van der Waals surface area contributed by atoms with Crippen LogP contribution in [0.1, 0.15) is 29.9 Å². The Morgan fingerprint density at radius 3 is 2.52 bits per heavy atom. The number of nitrogens with zero attached hydrogens (tertiary/aromatic N) is 3. The number of aromatic nitrogens is 2. The minimum atomic E-state index is -0.648. The summed E-state index contributed by atoms with van der Waals surface area (Å²) in [5, 5.41) is 0.500. The summed E-state index contributed by atoms with van der Waals surface area (Å²) in [6, 6.07) is 10.2. The van der Waals surface area contributed by atoms with Gasteiger partial charge in [0.1, 0.15) is 17.5 Å². The number of ether oxygens (including phenoxy) is 2. The van der Waals surface area contributed by atoms with Crippen molar-refractivity contribution in [3.05, 3.63) is 63.7 Å². The molecule has 0 N–H and O–H groups in total. The SMILES string of the molecule is COc1ccc(OC)c2c1C=C1c3nc4ccccc4c(=O)n3[C@@H](C)C(=O)N1C2. The van der Waals surface area contributed by atoms with Crippen LogP contribution in [0.25, 0.3) is 22.7 Å². The number of carbonyl (C=O) groups excluding carboxylic acids is 1. The van der Waals surface area contributed by atoms with Crippen LogP contribution >= 0.6 is 0 Å². The van der Waals surface area contributed by atoms with E-state index in [0.29, 0.717) is 40.5 Å². The van der Waals surface area contributed by atoms with Crippen LogP contribution in [0, 0.1) is 0 Å². The van der Waals surface area contributed by atoms with Gasteiger partial charge in [0, 0.05) is 11.1 Å². The molecule has 7 heteroatoms. The largest absolute Gasteiger partial charge is 0.496 e. The van der Waals surface area contributed by atoms with Gasteiger partial charge in [0.05, 0.1) is 37.4 Å². The molecule has 5 rings (SSSR count). The number of benzene rings is 2. The molecule has 2 aromatic carbocycles. The maximum Gasteiger partial charge on any atom is 0.262 e. The molecule has 29 heavy (non-hydrogen) atoms. The molecule has 7 nitrogen and oxygen atoms in total. The fraction of sp³-hybridized carbons (Fsp3) is 0.227. The molecule has 0 saturated heterocycles. The Labute approximate surface area is 166 Å². The molecule has 0 unspecified atom stereocenters. The zero-order valence-corrected chi connectivity index (χ0v) is 16.3. The van der Waals surface area contributed by atoms with E-state index in [1.807, 2.05) is 30.3 Å². The van der Waals surface area contributed by atoms with Gasteiger partial charge in [0.25, 0.3) is 5.56 Å². The molecule has 3 heterocycles. The molecule has 0 spiro atoms. The molecular formula is C22H19N3O4. The molecule has 0 bridgehead atoms. The van der Waals surface area contributed by atoms with Gasteiger partial charge in [0.2, 0.25) is 5.91 Å². The standard InChI is InChI=1S/C22H19N3O4/c1-12-21(26)24-11-15-14(18(28-2)8-9-19(15)29-3)10-17(24)20-23-16-7-5-4-6-13(16)22(27)25(12)20/h4-10,12H,11H2,1-3H3/t12-/m0/s1. The lowest BCUT2D eigenvalue weighted by Gasteiger charge is -2.38. The Kier molecular flexibility index (Phi) is 3.74. The van der Waals surface area contributed by atoms with Crippen molar-refractivity contribution in [1.29, 1.82) is 0 Å². The molecule has 1 atom stereocenters. The second kappa shape index (κ2) is 6.20. The third kappa shape index (κ3) is 2.33. The van der Waals surface area contributed by atoms with E-state index in [-0.39, 0.29) is 11.5 Å². The molecule has 146 valence electrons. The van der Waals surface area contributed by atoms with Gasteiger partial charge in [-0.3, -0.25) is 14.2 Å². The lowest BCUT2D eigenvalue weighted by atomic mass is 9.96. The van der Waals surface area contributed by atoms with Crippen LogP contribution in [0.4, 0.5) is 0 Å². The number of amides is 1. The van der Waals surface area contributed by atoms with Crippen LogP contribution in [-0.2, 0) is 11.3 Å². The van der Waals surface area contributed by atoms with Crippen molar-refractivity contribution in [2.75, 3.05) is 14.2 Å². The highest BCUT2D eigenvalue weighted by atomic mass is 16.5. The van der Waals surface area contributed by atoms with Crippen molar-refractivity contribution in [1.82, 2.24) is 14.5 Å². The number of rotatable bonds is 2. The van der Waals surface area contributed by atoms with Crippen molar-refractivity contribution in [2.24, 2.45) is 0 Å². The molecule has 1 aromatic heterocycles. The van der Waals surface area contributed by atoms with Gasteiger partial charge < -0.3 is 14.4 Å². The molecular weight excluding hydrogens is 370 g/mol. The highest BCUT2D eigenvalue weighted by Gasteiger charge is 2.39. The Balaban J connectivity index is 1.85. The predicted octanol–water partition coefficient (Wildman–Crippen LogP) is 2.83. The van der Waals surface area contributed by atoms with E-state index in [4.69, 9.17) is 14.5 Å². The van der Waals surface area contributed by atoms with Crippen molar-refractivity contribution < 1.29 is 14.3 Å². The highest BCUT2D eigenvalue weighted by Crippen LogP contribution is 2.42. The molecule has 1 amide bonds. The Morgan fingerprint density at radius 2 is 1.76 bits per heavy atom. The molecule has 2 aliphatic rings. The van der Waals surface area contributed by atoms with Crippen molar-refractivity contribution in [3.63, 3.8) is 0 Å². The summed E-state index contributed by atoms with van der Waals surface area (Å²) in [5.41, 5.74) is 2.68. The van der Waals surface area contributed by atoms with E-state index in [9.17, 15) is 9.59 Å². The lowest BCUT2D eigenvalue weighted by molar-refractivity contribution is -0.132. The number of para-hydroxylation sites is 1. The van der Waals surface area contributed by atoms with Gasteiger partial charge in [-0.25, -0.2) is 4.98 Å². The summed E-state index contributed by atoms with van der Waals surface area (Å²) < 4.78 is 12.5. The predicted molar refractivity (Wildman–Crippen MR) is 109 cm³/mol. The smallest absolute Gasteiger partial charge is 0.262 e. The second-order valence-corrected chi connectivity index (χ2v) is 7.12. The van der Waals surface area contributed by atoms with Gasteiger partial charge in [-0.2, -0.15) is 0 Å².